The summed E-state index contributed by atoms with van der Waals surface area (Å²) in [5.74, 6) is 0.0125. The van der Waals surface area contributed by atoms with Gasteiger partial charge in [0.15, 0.2) is 5.76 Å². The van der Waals surface area contributed by atoms with E-state index in [-0.39, 0.29) is 18.2 Å². The quantitative estimate of drug-likeness (QED) is 0.716. The Hall–Kier alpha value is -2.76. The monoisotopic (exact) mass is 331 g/mol. The number of benzene rings is 1. The molecule has 0 unspecified atom stereocenters. The van der Waals surface area contributed by atoms with E-state index >= 15 is 0 Å². The average molecular weight is 331 g/mol. The van der Waals surface area contributed by atoms with Gasteiger partial charge in [-0.15, -0.1) is 0 Å². The second-order valence-corrected chi connectivity index (χ2v) is 5.68. The summed E-state index contributed by atoms with van der Waals surface area (Å²) >= 11 is 0. The van der Waals surface area contributed by atoms with Gasteiger partial charge in [-0.25, -0.2) is 0 Å². The Morgan fingerprint density at radius 1 is 1.21 bits per heavy atom. The number of carbonyl (C=O) groups excluding carboxylic acids is 1. The third-order valence-electron chi connectivity index (χ3n) is 3.44. The van der Waals surface area contributed by atoms with E-state index in [1.165, 1.54) is 6.26 Å². The molecule has 1 aromatic heterocycles. The number of amides is 1. The highest BCUT2D eigenvalue weighted by Gasteiger charge is 2.17. The zero-order chi connectivity index (χ0) is 17.5. The number of nitrogens with one attached hydrogen (secondary N) is 1. The second-order valence-electron chi connectivity index (χ2n) is 5.68. The molecule has 2 aromatic rings. The van der Waals surface area contributed by atoms with Crippen LogP contribution in [0.15, 0.2) is 41.0 Å². The summed E-state index contributed by atoms with van der Waals surface area (Å²) in [4.78, 5) is 22.7. The molecule has 1 heterocycles. The molecule has 0 spiro atoms. The number of ether oxygens (including phenoxy) is 1. The normalized spacial score (nSPS) is 10.6. The van der Waals surface area contributed by atoms with Crippen LogP contribution in [0.5, 0.6) is 5.75 Å². The van der Waals surface area contributed by atoms with Crippen LogP contribution < -0.4 is 10.1 Å². The van der Waals surface area contributed by atoms with Crippen molar-refractivity contribution in [3.63, 3.8) is 0 Å². The number of carbonyl (C=O) groups is 2. The van der Waals surface area contributed by atoms with Gasteiger partial charge in [0.05, 0.1) is 12.9 Å². The van der Waals surface area contributed by atoms with Gasteiger partial charge in [0.2, 0.25) is 0 Å². The molecule has 1 aromatic carbocycles. The molecule has 0 radical (unpaired) electrons. The van der Waals surface area contributed by atoms with Crippen molar-refractivity contribution in [1.82, 2.24) is 0 Å². The first-order chi connectivity index (χ1) is 11.5. The van der Waals surface area contributed by atoms with Gasteiger partial charge in [0, 0.05) is 17.7 Å². The number of rotatable bonds is 8. The fraction of sp³-hybridized carbons (Fsp3) is 0.333. The highest BCUT2D eigenvalue weighted by atomic mass is 16.5. The molecule has 0 fully saturated rings. The molecule has 24 heavy (non-hydrogen) atoms. The van der Waals surface area contributed by atoms with Crippen LogP contribution >= 0.6 is 0 Å². The highest BCUT2D eigenvalue weighted by Crippen LogP contribution is 2.22. The first-order valence-corrected chi connectivity index (χ1v) is 7.80. The minimum Gasteiger partial charge on any atom is -0.494 e. The van der Waals surface area contributed by atoms with Gasteiger partial charge in [-0.1, -0.05) is 13.8 Å². The largest absolute Gasteiger partial charge is 0.494 e. The Kier molecular flexibility index (Phi) is 6.01. The minimum atomic E-state index is -0.838. The fourth-order valence-corrected chi connectivity index (χ4v) is 2.19. The number of aliphatic carboxylic acids is 1. The average Bonchev–Trinajstić information content (AvgIpc) is 3.03. The summed E-state index contributed by atoms with van der Waals surface area (Å²) in [7, 11) is 0. The number of anilines is 1. The predicted octanol–water partition coefficient (Wildman–Crippen LogP) is 3.90. The summed E-state index contributed by atoms with van der Waals surface area (Å²) in [5, 5.41) is 11.3. The third-order valence-corrected chi connectivity index (χ3v) is 3.44. The lowest BCUT2D eigenvalue weighted by atomic mass is 10.0. The van der Waals surface area contributed by atoms with Crippen LogP contribution in [-0.4, -0.2) is 23.6 Å². The van der Waals surface area contributed by atoms with Gasteiger partial charge in [-0.05, 0) is 42.7 Å². The molecule has 1 amide bonds. The van der Waals surface area contributed by atoms with E-state index in [9.17, 15) is 9.59 Å². The Labute approximate surface area is 140 Å². The van der Waals surface area contributed by atoms with Crippen molar-refractivity contribution < 1.29 is 23.8 Å². The molecule has 0 saturated carbocycles. The van der Waals surface area contributed by atoms with Crippen LogP contribution in [0.2, 0.25) is 0 Å². The van der Waals surface area contributed by atoms with Crippen molar-refractivity contribution in [2.75, 3.05) is 11.9 Å². The minimum absolute atomic E-state index is 0.0788. The van der Waals surface area contributed by atoms with E-state index in [1.807, 2.05) is 13.8 Å². The molecule has 128 valence electrons. The van der Waals surface area contributed by atoms with Crippen LogP contribution in [0.25, 0.3) is 0 Å². The van der Waals surface area contributed by atoms with Crippen molar-refractivity contribution in [1.29, 1.82) is 0 Å². The number of carboxylic acids is 1. The molecule has 0 aliphatic rings. The maximum Gasteiger partial charge on any atom is 0.303 e. The Balaban J connectivity index is 1.90. The number of furan rings is 1. The molecular weight excluding hydrogens is 310 g/mol. The van der Waals surface area contributed by atoms with Gasteiger partial charge in [-0.3, -0.25) is 9.59 Å². The summed E-state index contributed by atoms with van der Waals surface area (Å²) in [6, 6.07) is 8.70. The van der Waals surface area contributed by atoms with Crippen LogP contribution in [0.1, 0.15) is 48.7 Å². The van der Waals surface area contributed by atoms with Crippen molar-refractivity contribution in [3.05, 3.63) is 47.9 Å². The van der Waals surface area contributed by atoms with Gasteiger partial charge in [0.25, 0.3) is 5.91 Å². The van der Waals surface area contributed by atoms with E-state index < -0.39 is 5.97 Å². The topological polar surface area (TPSA) is 88.8 Å². The third kappa shape index (κ3) is 4.87. The zero-order valence-electron chi connectivity index (χ0n) is 13.7. The summed E-state index contributed by atoms with van der Waals surface area (Å²) < 4.78 is 10.7. The Morgan fingerprint density at radius 2 is 1.92 bits per heavy atom. The molecule has 0 saturated heterocycles. The molecule has 0 aliphatic carbocycles. The van der Waals surface area contributed by atoms with Crippen LogP contribution in [0.3, 0.4) is 0 Å². The molecular formula is C18H21NO5. The Morgan fingerprint density at radius 3 is 2.54 bits per heavy atom. The lowest BCUT2D eigenvalue weighted by Gasteiger charge is -2.09. The van der Waals surface area contributed by atoms with Crippen molar-refractivity contribution in [2.45, 2.75) is 32.6 Å². The first kappa shape index (κ1) is 17.6. The highest BCUT2D eigenvalue weighted by molar-refractivity contribution is 6.03. The number of carboxylic acid groups (broad SMARTS) is 1. The lowest BCUT2D eigenvalue weighted by molar-refractivity contribution is -0.137. The van der Waals surface area contributed by atoms with Gasteiger partial charge < -0.3 is 19.6 Å². The fourth-order valence-electron chi connectivity index (χ4n) is 2.19. The standard InChI is InChI=1S/C18H21NO5/c1-12(2)15-9-11-24-17(15)18(22)19-13-5-7-14(8-6-13)23-10-3-4-16(20)21/h5-9,11-12H,3-4,10H2,1-2H3,(H,19,22)(H,20,21). The van der Waals surface area contributed by atoms with Crippen molar-refractivity contribution in [3.8, 4) is 5.75 Å². The van der Waals surface area contributed by atoms with E-state index in [2.05, 4.69) is 5.32 Å². The maximum atomic E-state index is 12.3. The molecule has 0 aliphatic heterocycles. The summed E-state index contributed by atoms with van der Waals surface area (Å²) in [6.45, 7) is 4.33. The van der Waals surface area contributed by atoms with Crippen molar-refractivity contribution >= 4 is 17.6 Å². The lowest BCUT2D eigenvalue weighted by Crippen LogP contribution is -2.13. The molecule has 2 rings (SSSR count). The van der Waals surface area contributed by atoms with Gasteiger partial charge in [-0.2, -0.15) is 0 Å². The first-order valence-electron chi connectivity index (χ1n) is 7.80. The van der Waals surface area contributed by atoms with E-state index in [1.54, 1.807) is 30.3 Å². The van der Waals surface area contributed by atoms with Crippen LogP contribution in [-0.2, 0) is 4.79 Å². The van der Waals surface area contributed by atoms with E-state index in [0.29, 0.717) is 30.2 Å². The van der Waals surface area contributed by atoms with Crippen molar-refractivity contribution in [2.24, 2.45) is 0 Å². The SMILES string of the molecule is CC(C)c1ccoc1C(=O)Nc1ccc(OCCCC(=O)O)cc1. The summed E-state index contributed by atoms with van der Waals surface area (Å²) in [5.41, 5.74) is 1.50. The maximum absolute atomic E-state index is 12.3. The summed E-state index contributed by atoms with van der Waals surface area (Å²) in [6.07, 6.45) is 2.04. The molecule has 2 N–H and O–H groups in total. The van der Waals surface area contributed by atoms with Crippen LogP contribution in [0.4, 0.5) is 5.69 Å². The van der Waals surface area contributed by atoms with E-state index in [0.717, 1.165) is 5.56 Å². The van der Waals surface area contributed by atoms with Crippen LogP contribution in [0, 0.1) is 0 Å². The number of hydrogen-bond donors (Lipinski definition) is 2. The predicted molar refractivity (Wildman–Crippen MR) is 89.6 cm³/mol. The molecule has 0 bridgehead atoms. The zero-order valence-corrected chi connectivity index (χ0v) is 13.7. The van der Waals surface area contributed by atoms with Gasteiger partial charge >= 0.3 is 5.97 Å². The number of hydrogen-bond acceptors (Lipinski definition) is 4. The molecule has 0 atom stereocenters. The smallest absolute Gasteiger partial charge is 0.303 e. The van der Waals surface area contributed by atoms with Gasteiger partial charge in [0.1, 0.15) is 5.75 Å². The molecule has 6 heteroatoms. The molecule has 6 nitrogen and oxygen atoms in total. The van der Waals surface area contributed by atoms with E-state index in [4.69, 9.17) is 14.3 Å². The Bertz CT molecular complexity index is 688. The second kappa shape index (κ2) is 8.19.